The van der Waals surface area contributed by atoms with E-state index in [0.717, 1.165) is 35.0 Å². The van der Waals surface area contributed by atoms with Crippen LogP contribution in [-0.2, 0) is 24.2 Å². The fourth-order valence-electron chi connectivity index (χ4n) is 3.54. The molecular formula is C21H22N2O4S. The van der Waals surface area contributed by atoms with Crippen molar-refractivity contribution < 1.29 is 14.3 Å². The van der Waals surface area contributed by atoms with Gasteiger partial charge in [0.15, 0.2) is 11.5 Å². The summed E-state index contributed by atoms with van der Waals surface area (Å²) >= 11 is 1.62. The molecule has 146 valence electrons. The van der Waals surface area contributed by atoms with Crippen LogP contribution in [0.15, 0.2) is 35.4 Å². The van der Waals surface area contributed by atoms with E-state index in [4.69, 9.17) is 9.47 Å². The lowest BCUT2D eigenvalue weighted by Crippen LogP contribution is -2.23. The van der Waals surface area contributed by atoms with Gasteiger partial charge in [-0.15, -0.1) is 11.3 Å². The van der Waals surface area contributed by atoms with Crippen molar-refractivity contribution in [3.05, 3.63) is 51.4 Å². The van der Waals surface area contributed by atoms with Crippen molar-refractivity contribution in [1.29, 1.82) is 0 Å². The van der Waals surface area contributed by atoms with Gasteiger partial charge in [0.1, 0.15) is 4.83 Å². The Morgan fingerprint density at radius 3 is 2.82 bits per heavy atom. The fourth-order valence-corrected chi connectivity index (χ4v) is 4.75. The molecule has 3 aromatic rings. The number of ether oxygens (including phenoxy) is 2. The number of benzene rings is 1. The highest BCUT2D eigenvalue weighted by Gasteiger charge is 2.20. The number of aryl methyl sites for hydroxylation is 3. The van der Waals surface area contributed by atoms with E-state index in [9.17, 15) is 9.59 Å². The highest BCUT2D eigenvalue weighted by molar-refractivity contribution is 7.18. The minimum atomic E-state index is -0.411. The maximum atomic E-state index is 12.9. The average Bonchev–Trinajstić information content (AvgIpc) is 3.08. The maximum Gasteiger partial charge on any atom is 0.313 e. The first-order valence-corrected chi connectivity index (χ1v) is 10.4. The van der Waals surface area contributed by atoms with Gasteiger partial charge in [-0.1, -0.05) is 12.1 Å². The summed E-state index contributed by atoms with van der Waals surface area (Å²) in [5.41, 5.74) is 1.10. The van der Waals surface area contributed by atoms with Crippen molar-refractivity contribution in [3.8, 4) is 11.5 Å². The van der Waals surface area contributed by atoms with Gasteiger partial charge in [-0.3, -0.25) is 14.2 Å². The van der Waals surface area contributed by atoms with Gasteiger partial charge in [-0.2, -0.15) is 0 Å². The number of fused-ring (bicyclic) bond motifs is 3. The largest absolute Gasteiger partial charge is 0.490 e. The van der Waals surface area contributed by atoms with Gasteiger partial charge in [0, 0.05) is 11.4 Å². The summed E-state index contributed by atoms with van der Waals surface area (Å²) < 4.78 is 12.4. The third-order valence-electron chi connectivity index (χ3n) is 4.87. The van der Waals surface area contributed by atoms with E-state index in [0.29, 0.717) is 18.1 Å². The van der Waals surface area contributed by atoms with E-state index >= 15 is 0 Å². The number of para-hydroxylation sites is 2. The molecule has 0 spiro atoms. The first-order chi connectivity index (χ1) is 13.7. The molecule has 6 nitrogen and oxygen atoms in total. The Kier molecular flexibility index (Phi) is 5.43. The van der Waals surface area contributed by atoms with Crippen LogP contribution in [0.3, 0.4) is 0 Å². The highest BCUT2D eigenvalue weighted by atomic mass is 32.1. The van der Waals surface area contributed by atoms with Crippen LogP contribution < -0.4 is 15.0 Å². The Balaban J connectivity index is 1.49. The Bertz CT molecular complexity index is 1070. The van der Waals surface area contributed by atoms with Gasteiger partial charge >= 0.3 is 5.97 Å². The molecule has 0 radical (unpaired) electrons. The number of carbonyl (C=O) groups is 1. The van der Waals surface area contributed by atoms with Gasteiger partial charge in [0.2, 0.25) is 0 Å². The maximum absolute atomic E-state index is 12.9. The SMILES string of the molecule is CCOc1ccccc1OC(=O)CCn1cnc2sc3c(c2c1=O)CCCC3. The molecule has 2 heterocycles. The second-order valence-electron chi connectivity index (χ2n) is 6.74. The Labute approximate surface area is 166 Å². The van der Waals surface area contributed by atoms with Gasteiger partial charge in [-0.05, 0) is 50.3 Å². The van der Waals surface area contributed by atoms with E-state index in [-0.39, 0.29) is 18.5 Å². The molecule has 4 rings (SSSR count). The minimum Gasteiger partial charge on any atom is -0.490 e. The Morgan fingerprint density at radius 2 is 2.00 bits per heavy atom. The van der Waals surface area contributed by atoms with Crippen LogP contribution in [0.4, 0.5) is 0 Å². The normalized spacial score (nSPS) is 13.3. The van der Waals surface area contributed by atoms with Crippen LogP contribution in [0.25, 0.3) is 10.2 Å². The molecule has 0 saturated heterocycles. The van der Waals surface area contributed by atoms with Crippen LogP contribution >= 0.6 is 11.3 Å². The molecule has 7 heteroatoms. The lowest BCUT2D eigenvalue weighted by Gasteiger charge is -2.11. The summed E-state index contributed by atoms with van der Waals surface area (Å²) in [6.45, 7) is 2.60. The lowest BCUT2D eigenvalue weighted by atomic mass is 9.97. The summed E-state index contributed by atoms with van der Waals surface area (Å²) in [6, 6.07) is 7.06. The van der Waals surface area contributed by atoms with E-state index in [1.165, 1.54) is 22.2 Å². The van der Waals surface area contributed by atoms with E-state index in [1.807, 2.05) is 13.0 Å². The number of carbonyl (C=O) groups excluding carboxylic acids is 1. The highest BCUT2D eigenvalue weighted by Crippen LogP contribution is 2.33. The number of thiophene rings is 1. The topological polar surface area (TPSA) is 70.4 Å². The monoisotopic (exact) mass is 398 g/mol. The number of esters is 1. The molecule has 0 unspecified atom stereocenters. The zero-order valence-corrected chi connectivity index (χ0v) is 16.6. The summed E-state index contributed by atoms with van der Waals surface area (Å²) in [4.78, 5) is 31.8. The second kappa shape index (κ2) is 8.14. The third kappa shape index (κ3) is 3.67. The number of rotatable bonds is 6. The zero-order chi connectivity index (χ0) is 19.5. The molecule has 0 amide bonds. The number of nitrogens with zero attached hydrogens (tertiary/aromatic N) is 2. The number of aromatic nitrogens is 2. The molecule has 2 aromatic heterocycles. The van der Waals surface area contributed by atoms with Gasteiger partial charge in [0.25, 0.3) is 5.56 Å². The van der Waals surface area contributed by atoms with Crippen LogP contribution in [0, 0.1) is 0 Å². The Morgan fingerprint density at radius 1 is 1.21 bits per heavy atom. The third-order valence-corrected chi connectivity index (χ3v) is 6.07. The molecule has 1 aliphatic carbocycles. The molecule has 0 aliphatic heterocycles. The molecule has 0 fully saturated rings. The van der Waals surface area contributed by atoms with Crippen LogP contribution in [0.2, 0.25) is 0 Å². The molecule has 0 N–H and O–H groups in total. The summed E-state index contributed by atoms with van der Waals surface area (Å²) in [5.74, 6) is 0.511. The lowest BCUT2D eigenvalue weighted by molar-refractivity contribution is -0.134. The predicted octanol–water partition coefficient (Wildman–Crippen LogP) is 3.73. The number of hydrogen-bond donors (Lipinski definition) is 0. The molecule has 0 atom stereocenters. The predicted molar refractivity (Wildman–Crippen MR) is 108 cm³/mol. The molecule has 1 aromatic carbocycles. The molecule has 1 aliphatic rings. The van der Waals surface area contributed by atoms with Crippen molar-refractivity contribution in [2.24, 2.45) is 0 Å². The van der Waals surface area contributed by atoms with Crippen molar-refractivity contribution in [2.75, 3.05) is 6.61 Å². The van der Waals surface area contributed by atoms with Gasteiger partial charge in [0.05, 0.1) is 24.7 Å². The van der Waals surface area contributed by atoms with Crippen molar-refractivity contribution in [3.63, 3.8) is 0 Å². The molecule has 0 bridgehead atoms. The Hall–Kier alpha value is -2.67. The molecular weight excluding hydrogens is 376 g/mol. The fraction of sp³-hybridized carbons (Fsp3) is 0.381. The molecule has 28 heavy (non-hydrogen) atoms. The molecule has 0 saturated carbocycles. The average molecular weight is 398 g/mol. The number of hydrogen-bond acceptors (Lipinski definition) is 6. The second-order valence-corrected chi connectivity index (χ2v) is 7.82. The van der Waals surface area contributed by atoms with Crippen molar-refractivity contribution in [1.82, 2.24) is 9.55 Å². The summed E-state index contributed by atoms with van der Waals surface area (Å²) in [7, 11) is 0. The van der Waals surface area contributed by atoms with Crippen molar-refractivity contribution in [2.45, 2.75) is 45.6 Å². The van der Waals surface area contributed by atoms with Gasteiger partial charge in [-0.25, -0.2) is 4.98 Å². The first-order valence-electron chi connectivity index (χ1n) is 9.59. The minimum absolute atomic E-state index is 0.0630. The quantitative estimate of drug-likeness (QED) is 0.467. The van der Waals surface area contributed by atoms with Gasteiger partial charge < -0.3 is 9.47 Å². The summed E-state index contributed by atoms with van der Waals surface area (Å²) in [5, 5.41) is 0.734. The van der Waals surface area contributed by atoms with Crippen LogP contribution in [-0.4, -0.2) is 22.1 Å². The first kappa shape index (κ1) is 18.7. The van der Waals surface area contributed by atoms with Crippen LogP contribution in [0.1, 0.15) is 36.6 Å². The summed E-state index contributed by atoms with van der Waals surface area (Å²) in [6.07, 6.45) is 5.86. The zero-order valence-electron chi connectivity index (χ0n) is 15.8. The van der Waals surface area contributed by atoms with E-state index in [2.05, 4.69) is 4.98 Å². The van der Waals surface area contributed by atoms with Crippen molar-refractivity contribution >= 4 is 27.5 Å². The van der Waals surface area contributed by atoms with E-state index < -0.39 is 5.97 Å². The smallest absolute Gasteiger partial charge is 0.313 e. The van der Waals surface area contributed by atoms with Crippen LogP contribution in [0.5, 0.6) is 11.5 Å². The van der Waals surface area contributed by atoms with E-state index in [1.54, 1.807) is 29.5 Å². The standard InChI is InChI=1S/C21H22N2O4S/c1-2-26-15-8-4-5-9-16(15)27-18(24)11-12-23-13-22-20-19(21(23)25)14-7-3-6-10-17(14)28-20/h4-5,8-9,13H,2-3,6-7,10-12H2,1H3.